The Morgan fingerprint density at radius 2 is 2.24 bits per heavy atom. The van der Waals surface area contributed by atoms with E-state index < -0.39 is 0 Å². The third kappa shape index (κ3) is 4.40. The van der Waals surface area contributed by atoms with Crippen LogP contribution >= 0.6 is 24.0 Å². The number of carbonyl (C=O) groups excluding carboxylic acids is 1. The van der Waals surface area contributed by atoms with Crippen molar-refractivity contribution in [2.24, 2.45) is 11.3 Å². The van der Waals surface area contributed by atoms with E-state index in [4.69, 9.17) is 21.1 Å². The molecule has 0 spiro atoms. The van der Waals surface area contributed by atoms with Gasteiger partial charge in [0.05, 0.1) is 17.0 Å². The minimum atomic E-state index is -0.266. The van der Waals surface area contributed by atoms with Crippen LogP contribution in [0.5, 0.6) is 5.75 Å². The lowest BCUT2D eigenvalue weighted by Crippen LogP contribution is -2.44. The van der Waals surface area contributed by atoms with Gasteiger partial charge in [-0.2, -0.15) is 0 Å². The molecule has 2 N–H and O–H groups in total. The Hall–Kier alpha value is -1.01. The molecule has 0 radical (unpaired) electrons. The highest BCUT2D eigenvalue weighted by molar-refractivity contribution is 6.32. The Morgan fingerprint density at radius 3 is 3.00 bits per heavy atom. The van der Waals surface area contributed by atoms with Gasteiger partial charge in [0.1, 0.15) is 12.4 Å². The molecular formula is C18H26Cl2N2O3. The highest BCUT2D eigenvalue weighted by Crippen LogP contribution is 2.44. The first kappa shape index (κ1) is 20.3. The van der Waals surface area contributed by atoms with Crippen LogP contribution in [0.25, 0.3) is 0 Å². The average Bonchev–Trinajstić information content (AvgIpc) is 3.02. The summed E-state index contributed by atoms with van der Waals surface area (Å²) in [5, 5.41) is 6.96. The third-order valence-corrected chi connectivity index (χ3v) is 5.52. The Balaban J connectivity index is 0.00000225. The van der Waals surface area contributed by atoms with E-state index in [2.05, 4.69) is 10.6 Å². The largest absolute Gasteiger partial charge is 0.490 e. The number of fused-ring (bicyclic) bond motifs is 1. The number of ether oxygens (including phenoxy) is 2. The predicted molar refractivity (Wildman–Crippen MR) is 102 cm³/mol. The number of hydrogen-bond donors (Lipinski definition) is 2. The molecule has 1 aliphatic carbocycles. The SMILES string of the molecule is COCCOc1ccc(NC(=O)[C@@]23CCCC[C@H]2CNC3)cc1Cl.Cl. The maximum atomic E-state index is 12.9. The summed E-state index contributed by atoms with van der Waals surface area (Å²) in [5.74, 6) is 1.16. The number of nitrogens with one attached hydrogen (secondary N) is 2. The lowest BCUT2D eigenvalue weighted by atomic mass is 9.67. The molecule has 25 heavy (non-hydrogen) atoms. The number of halogens is 2. The van der Waals surface area contributed by atoms with E-state index in [1.54, 1.807) is 19.2 Å². The Labute approximate surface area is 160 Å². The van der Waals surface area contributed by atoms with E-state index in [9.17, 15) is 4.79 Å². The van der Waals surface area contributed by atoms with Crippen LogP contribution in [0.3, 0.4) is 0 Å². The van der Waals surface area contributed by atoms with Crippen molar-refractivity contribution in [3.63, 3.8) is 0 Å². The van der Waals surface area contributed by atoms with E-state index in [0.717, 1.165) is 38.0 Å². The first-order valence-electron chi connectivity index (χ1n) is 8.59. The van der Waals surface area contributed by atoms with Gasteiger partial charge in [-0.05, 0) is 43.5 Å². The van der Waals surface area contributed by atoms with E-state index in [1.165, 1.54) is 6.42 Å². The molecule has 1 aromatic rings. The second kappa shape index (κ2) is 9.08. The molecule has 2 fully saturated rings. The van der Waals surface area contributed by atoms with Crippen molar-refractivity contribution in [1.29, 1.82) is 0 Å². The Morgan fingerprint density at radius 1 is 1.40 bits per heavy atom. The summed E-state index contributed by atoms with van der Waals surface area (Å²) < 4.78 is 10.5. The van der Waals surface area contributed by atoms with Crippen molar-refractivity contribution in [1.82, 2.24) is 5.32 Å². The molecule has 0 bridgehead atoms. The van der Waals surface area contributed by atoms with Gasteiger partial charge >= 0.3 is 0 Å². The van der Waals surface area contributed by atoms with Gasteiger partial charge in [-0.15, -0.1) is 12.4 Å². The van der Waals surface area contributed by atoms with E-state index in [1.807, 2.05) is 6.07 Å². The van der Waals surface area contributed by atoms with Crippen molar-refractivity contribution in [2.75, 3.05) is 38.7 Å². The Kier molecular flexibility index (Phi) is 7.37. The summed E-state index contributed by atoms with van der Waals surface area (Å²) in [5.41, 5.74) is 0.452. The normalized spacial score (nSPS) is 25.0. The molecule has 0 unspecified atom stereocenters. The second-order valence-corrected chi connectivity index (χ2v) is 7.08. The first-order valence-corrected chi connectivity index (χ1v) is 8.97. The number of methoxy groups -OCH3 is 1. The molecule has 1 aromatic carbocycles. The summed E-state index contributed by atoms with van der Waals surface area (Å²) in [6, 6.07) is 5.37. The van der Waals surface area contributed by atoms with Crippen molar-refractivity contribution in [3.05, 3.63) is 23.2 Å². The van der Waals surface area contributed by atoms with Gasteiger partial charge in [0, 0.05) is 19.3 Å². The van der Waals surface area contributed by atoms with E-state index in [0.29, 0.717) is 29.9 Å². The third-order valence-electron chi connectivity index (χ3n) is 5.23. The van der Waals surface area contributed by atoms with Crippen molar-refractivity contribution < 1.29 is 14.3 Å². The highest BCUT2D eigenvalue weighted by atomic mass is 35.5. The van der Waals surface area contributed by atoms with Gasteiger partial charge in [-0.25, -0.2) is 0 Å². The zero-order valence-corrected chi connectivity index (χ0v) is 16.0. The standard InChI is InChI=1S/C18H25ClN2O3.ClH/c1-23-8-9-24-16-6-5-14(10-15(16)19)21-17(22)18-7-3-2-4-13(18)11-20-12-18;/h5-6,10,13,20H,2-4,7-9,11-12H2,1H3,(H,21,22);1H/t13-,18+;/m0./s1. The van der Waals surface area contributed by atoms with Gasteiger partial charge in [0.15, 0.2) is 0 Å². The summed E-state index contributed by atoms with van der Waals surface area (Å²) >= 11 is 6.26. The fraction of sp³-hybridized carbons (Fsp3) is 0.611. The quantitative estimate of drug-likeness (QED) is 0.732. The Bertz CT molecular complexity index is 600. The van der Waals surface area contributed by atoms with Crippen molar-refractivity contribution in [3.8, 4) is 5.75 Å². The van der Waals surface area contributed by atoms with Crippen LogP contribution in [-0.2, 0) is 9.53 Å². The van der Waals surface area contributed by atoms with Gasteiger partial charge in [0.25, 0.3) is 0 Å². The van der Waals surface area contributed by atoms with Crippen LogP contribution < -0.4 is 15.4 Å². The molecule has 7 heteroatoms. The van der Waals surface area contributed by atoms with Crippen LogP contribution in [0.4, 0.5) is 5.69 Å². The molecule has 0 aromatic heterocycles. The summed E-state index contributed by atoms with van der Waals surface area (Å²) in [6.45, 7) is 2.67. The molecule has 3 rings (SSSR count). The lowest BCUT2D eigenvalue weighted by Gasteiger charge is -2.37. The topological polar surface area (TPSA) is 59.6 Å². The second-order valence-electron chi connectivity index (χ2n) is 6.67. The smallest absolute Gasteiger partial charge is 0.232 e. The van der Waals surface area contributed by atoms with Gasteiger partial charge in [-0.3, -0.25) is 4.79 Å². The summed E-state index contributed by atoms with van der Waals surface area (Å²) in [7, 11) is 1.62. The van der Waals surface area contributed by atoms with E-state index in [-0.39, 0.29) is 23.7 Å². The van der Waals surface area contributed by atoms with Crippen LogP contribution in [0.2, 0.25) is 5.02 Å². The lowest BCUT2D eigenvalue weighted by molar-refractivity contribution is -0.128. The molecule has 140 valence electrons. The number of benzene rings is 1. The molecule has 2 aliphatic rings. The maximum absolute atomic E-state index is 12.9. The molecule has 1 saturated carbocycles. The van der Waals surface area contributed by atoms with Gasteiger partial charge < -0.3 is 20.1 Å². The van der Waals surface area contributed by atoms with Crippen LogP contribution in [0, 0.1) is 11.3 Å². The maximum Gasteiger partial charge on any atom is 0.232 e. The minimum absolute atomic E-state index is 0. The summed E-state index contributed by atoms with van der Waals surface area (Å²) in [4.78, 5) is 12.9. The van der Waals surface area contributed by atoms with Crippen LogP contribution in [-0.4, -0.2) is 39.3 Å². The number of rotatable bonds is 6. The van der Waals surface area contributed by atoms with Gasteiger partial charge in [-0.1, -0.05) is 24.4 Å². The van der Waals surface area contributed by atoms with Gasteiger partial charge in [0.2, 0.25) is 5.91 Å². The fourth-order valence-electron chi connectivity index (χ4n) is 3.88. The minimum Gasteiger partial charge on any atom is -0.490 e. The van der Waals surface area contributed by atoms with E-state index >= 15 is 0 Å². The van der Waals surface area contributed by atoms with Crippen molar-refractivity contribution in [2.45, 2.75) is 25.7 Å². The molecule has 1 amide bonds. The number of hydrogen-bond acceptors (Lipinski definition) is 4. The molecule has 5 nitrogen and oxygen atoms in total. The molecule has 1 aliphatic heterocycles. The van der Waals surface area contributed by atoms with Crippen molar-refractivity contribution >= 4 is 35.6 Å². The predicted octanol–water partition coefficient (Wildman–Crippen LogP) is 3.51. The van der Waals surface area contributed by atoms with Crippen LogP contribution in [0.15, 0.2) is 18.2 Å². The molecular weight excluding hydrogens is 363 g/mol. The zero-order chi connectivity index (χ0) is 17.0. The highest BCUT2D eigenvalue weighted by Gasteiger charge is 2.49. The summed E-state index contributed by atoms with van der Waals surface area (Å²) in [6.07, 6.45) is 4.44. The zero-order valence-electron chi connectivity index (χ0n) is 14.5. The fourth-order valence-corrected chi connectivity index (χ4v) is 4.11. The number of amides is 1. The number of anilines is 1. The average molecular weight is 389 g/mol. The van der Waals surface area contributed by atoms with Crippen LogP contribution in [0.1, 0.15) is 25.7 Å². The first-order chi connectivity index (χ1) is 11.7. The molecule has 1 heterocycles. The monoisotopic (exact) mass is 388 g/mol. The number of carbonyl (C=O) groups is 1. The molecule has 1 saturated heterocycles. The molecule has 2 atom stereocenters.